The largest absolute Gasteiger partial charge is 0.352 e. The lowest BCUT2D eigenvalue weighted by Gasteiger charge is -2.11. The Kier molecular flexibility index (Phi) is 6.48. The minimum atomic E-state index is -0.0342. The minimum absolute atomic E-state index is 0.0342. The van der Waals surface area contributed by atoms with Gasteiger partial charge in [-0.15, -0.1) is 0 Å². The standard InChI is InChI=1S/C22H25N3OS/c1-16-9-11-17(12-10-16)27-21-15-19(18-7-4-5-8-20(18)24-21)22(26)23-13-6-14-25(2)3/h4-5,7-12,15H,6,13-14H2,1-3H3,(H,23,26)/p+1. The summed E-state index contributed by atoms with van der Waals surface area (Å²) in [5, 5.41) is 4.78. The fourth-order valence-corrected chi connectivity index (χ4v) is 3.69. The Morgan fingerprint density at radius 2 is 1.85 bits per heavy atom. The van der Waals surface area contributed by atoms with Gasteiger partial charge in [0.15, 0.2) is 0 Å². The van der Waals surface area contributed by atoms with Gasteiger partial charge in [0.25, 0.3) is 5.91 Å². The Morgan fingerprint density at radius 3 is 2.59 bits per heavy atom. The van der Waals surface area contributed by atoms with E-state index >= 15 is 0 Å². The summed E-state index contributed by atoms with van der Waals surface area (Å²) < 4.78 is 0. The molecule has 1 heterocycles. The fraction of sp³-hybridized carbons (Fsp3) is 0.273. The summed E-state index contributed by atoms with van der Waals surface area (Å²) in [6.45, 7) is 3.79. The molecular formula is C22H26N3OS+. The summed E-state index contributed by atoms with van der Waals surface area (Å²) in [4.78, 5) is 20.0. The van der Waals surface area contributed by atoms with Crippen LogP contribution in [0.1, 0.15) is 22.3 Å². The first-order chi connectivity index (χ1) is 13.0. The highest BCUT2D eigenvalue weighted by atomic mass is 32.2. The average molecular weight is 381 g/mol. The predicted octanol–water partition coefficient (Wildman–Crippen LogP) is 2.96. The Balaban J connectivity index is 1.84. The van der Waals surface area contributed by atoms with Gasteiger partial charge in [0.2, 0.25) is 0 Å². The van der Waals surface area contributed by atoms with E-state index in [4.69, 9.17) is 4.98 Å². The molecule has 1 aromatic heterocycles. The number of para-hydroxylation sites is 1. The number of nitrogens with one attached hydrogen (secondary N) is 2. The van der Waals surface area contributed by atoms with Crippen molar-refractivity contribution in [3.63, 3.8) is 0 Å². The molecule has 4 nitrogen and oxygen atoms in total. The number of quaternary nitrogens is 1. The van der Waals surface area contributed by atoms with Gasteiger partial charge in [-0.1, -0.05) is 47.7 Å². The zero-order valence-electron chi connectivity index (χ0n) is 16.1. The van der Waals surface area contributed by atoms with Gasteiger partial charge in [0.05, 0.1) is 31.7 Å². The summed E-state index contributed by atoms with van der Waals surface area (Å²) >= 11 is 1.58. The number of carbonyl (C=O) groups excluding carboxylic acids is 1. The van der Waals surface area contributed by atoms with Gasteiger partial charge in [-0.25, -0.2) is 4.98 Å². The van der Waals surface area contributed by atoms with Gasteiger partial charge < -0.3 is 10.2 Å². The Labute approximate surface area is 165 Å². The van der Waals surface area contributed by atoms with E-state index in [1.54, 1.807) is 11.8 Å². The molecule has 3 rings (SSSR count). The molecule has 0 spiro atoms. The first-order valence-electron chi connectivity index (χ1n) is 9.24. The second kappa shape index (κ2) is 9.02. The number of carbonyl (C=O) groups is 1. The first kappa shape index (κ1) is 19.4. The maximum absolute atomic E-state index is 12.8. The van der Waals surface area contributed by atoms with E-state index in [1.807, 2.05) is 30.3 Å². The molecule has 0 aliphatic heterocycles. The lowest BCUT2D eigenvalue weighted by molar-refractivity contribution is -0.858. The summed E-state index contributed by atoms with van der Waals surface area (Å²) in [7, 11) is 4.24. The number of aryl methyl sites for hydroxylation is 1. The van der Waals surface area contributed by atoms with Gasteiger partial charge in [-0.2, -0.15) is 0 Å². The third-order valence-electron chi connectivity index (χ3n) is 4.32. The zero-order valence-corrected chi connectivity index (χ0v) is 16.9. The van der Waals surface area contributed by atoms with Gasteiger partial charge in [-0.3, -0.25) is 4.79 Å². The van der Waals surface area contributed by atoms with Gasteiger partial charge in [0, 0.05) is 23.2 Å². The molecule has 1 amide bonds. The number of benzene rings is 2. The highest BCUT2D eigenvalue weighted by molar-refractivity contribution is 7.99. The molecule has 27 heavy (non-hydrogen) atoms. The average Bonchev–Trinajstić information content (AvgIpc) is 2.66. The molecule has 0 radical (unpaired) electrons. The highest BCUT2D eigenvalue weighted by Gasteiger charge is 2.13. The zero-order chi connectivity index (χ0) is 19.2. The van der Waals surface area contributed by atoms with Crippen molar-refractivity contribution in [3.8, 4) is 0 Å². The van der Waals surface area contributed by atoms with E-state index in [0.29, 0.717) is 12.1 Å². The van der Waals surface area contributed by atoms with Crippen LogP contribution in [-0.2, 0) is 0 Å². The van der Waals surface area contributed by atoms with Gasteiger partial charge >= 0.3 is 0 Å². The van der Waals surface area contributed by atoms with Crippen molar-refractivity contribution in [3.05, 3.63) is 65.7 Å². The second-order valence-electron chi connectivity index (χ2n) is 7.01. The second-order valence-corrected chi connectivity index (χ2v) is 8.10. The summed E-state index contributed by atoms with van der Waals surface area (Å²) in [5.74, 6) is -0.0342. The van der Waals surface area contributed by atoms with Crippen LogP contribution in [0.3, 0.4) is 0 Å². The van der Waals surface area contributed by atoms with Gasteiger partial charge in [-0.05, 0) is 31.2 Å². The number of rotatable bonds is 7. The van der Waals surface area contributed by atoms with Crippen LogP contribution < -0.4 is 10.2 Å². The molecule has 5 heteroatoms. The van der Waals surface area contributed by atoms with Crippen LogP contribution in [0.5, 0.6) is 0 Å². The molecule has 2 aromatic carbocycles. The van der Waals surface area contributed by atoms with Crippen molar-refractivity contribution in [2.45, 2.75) is 23.3 Å². The van der Waals surface area contributed by atoms with E-state index in [0.717, 1.165) is 33.8 Å². The molecule has 0 atom stereocenters. The normalized spacial score (nSPS) is 11.1. The molecule has 0 aliphatic carbocycles. The lowest BCUT2D eigenvalue weighted by atomic mass is 10.1. The number of aromatic nitrogens is 1. The smallest absolute Gasteiger partial charge is 0.252 e. The predicted molar refractivity (Wildman–Crippen MR) is 112 cm³/mol. The van der Waals surface area contributed by atoms with Crippen molar-refractivity contribution in [2.75, 3.05) is 27.2 Å². The minimum Gasteiger partial charge on any atom is -0.352 e. The van der Waals surface area contributed by atoms with E-state index in [-0.39, 0.29) is 5.91 Å². The number of nitrogens with zero attached hydrogens (tertiary/aromatic N) is 1. The molecule has 0 bridgehead atoms. The third kappa shape index (κ3) is 5.31. The Morgan fingerprint density at radius 1 is 1.11 bits per heavy atom. The molecule has 0 fully saturated rings. The Hall–Kier alpha value is -2.37. The number of amides is 1. The van der Waals surface area contributed by atoms with Crippen molar-refractivity contribution < 1.29 is 9.69 Å². The topological polar surface area (TPSA) is 46.4 Å². The highest BCUT2D eigenvalue weighted by Crippen LogP contribution is 2.30. The molecule has 2 N–H and O–H groups in total. The maximum atomic E-state index is 12.8. The molecule has 3 aromatic rings. The van der Waals surface area contributed by atoms with Crippen molar-refractivity contribution in [2.24, 2.45) is 0 Å². The first-order valence-corrected chi connectivity index (χ1v) is 10.1. The maximum Gasteiger partial charge on any atom is 0.252 e. The summed E-state index contributed by atoms with van der Waals surface area (Å²) in [5.41, 5.74) is 2.76. The van der Waals surface area contributed by atoms with Crippen molar-refractivity contribution in [1.29, 1.82) is 0 Å². The summed E-state index contributed by atoms with van der Waals surface area (Å²) in [6, 6.07) is 18.1. The fourth-order valence-electron chi connectivity index (χ4n) is 2.86. The molecule has 0 saturated heterocycles. The molecule has 0 saturated carbocycles. The molecule has 0 unspecified atom stereocenters. The van der Waals surface area contributed by atoms with E-state index < -0.39 is 0 Å². The Bertz CT molecular complexity index is 922. The van der Waals surface area contributed by atoms with Crippen molar-refractivity contribution in [1.82, 2.24) is 10.3 Å². The van der Waals surface area contributed by atoms with E-state index in [9.17, 15) is 4.79 Å². The number of hydrogen-bond donors (Lipinski definition) is 2. The number of fused-ring (bicyclic) bond motifs is 1. The van der Waals surface area contributed by atoms with Crippen LogP contribution in [0.15, 0.2) is 64.5 Å². The molecule has 0 aliphatic rings. The van der Waals surface area contributed by atoms with Crippen LogP contribution >= 0.6 is 11.8 Å². The number of pyridine rings is 1. The van der Waals surface area contributed by atoms with Crippen LogP contribution in [0.2, 0.25) is 0 Å². The monoisotopic (exact) mass is 380 g/mol. The number of hydrogen-bond acceptors (Lipinski definition) is 3. The van der Waals surface area contributed by atoms with E-state index in [1.165, 1.54) is 10.5 Å². The van der Waals surface area contributed by atoms with Crippen LogP contribution in [0, 0.1) is 6.92 Å². The quantitative estimate of drug-likeness (QED) is 0.620. The van der Waals surface area contributed by atoms with E-state index in [2.05, 4.69) is 50.6 Å². The lowest BCUT2D eigenvalue weighted by Crippen LogP contribution is -3.05. The SMILES string of the molecule is Cc1ccc(Sc2cc(C(=O)NCCC[NH+](C)C)c3ccccc3n2)cc1. The molecule has 140 valence electrons. The van der Waals surface area contributed by atoms with Crippen LogP contribution in [0.4, 0.5) is 0 Å². The summed E-state index contributed by atoms with van der Waals surface area (Å²) in [6.07, 6.45) is 0.960. The van der Waals surface area contributed by atoms with Crippen LogP contribution in [0.25, 0.3) is 10.9 Å². The third-order valence-corrected chi connectivity index (χ3v) is 5.25. The van der Waals surface area contributed by atoms with Crippen molar-refractivity contribution >= 4 is 28.6 Å². The van der Waals surface area contributed by atoms with Gasteiger partial charge in [0.1, 0.15) is 5.03 Å². The molecular weight excluding hydrogens is 354 g/mol. The van der Waals surface area contributed by atoms with Crippen LogP contribution in [-0.4, -0.2) is 38.1 Å².